The van der Waals surface area contributed by atoms with Crippen molar-refractivity contribution in [2.75, 3.05) is 11.9 Å². The summed E-state index contributed by atoms with van der Waals surface area (Å²) < 4.78 is 0. The first kappa shape index (κ1) is 14.8. The molecule has 1 amide bonds. The number of nitrogens with one attached hydrogen (secondary N) is 1. The van der Waals surface area contributed by atoms with Gasteiger partial charge in [0.25, 0.3) is 5.91 Å². The van der Waals surface area contributed by atoms with Crippen molar-refractivity contribution >= 4 is 11.7 Å². The molecule has 0 atom stereocenters. The van der Waals surface area contributed by atoms with Gasteiger partial charge >= 0.3 is 0 Å². The monoisotopic (exact) mass is 280 g/mol. The molecule has 0 bridgehead atoms. The van der Waals surface area contributed by atoms with E-state index in [-0.39, 0.29) is 12.5 Å². The van der Waals surface area contributed by atoms with Gasteiger partial charge in [-0.25, -0.2) is 4.98 Å². The minimum absolute atomic E-state index is 0.202. The molecule has 2 rings (SSSR count). The highest BCUT2D eigenvalue weighted by Gasteiger charge is 2.08. The second-order valence-corrected chi connectivity index (χ2v) is 4.64. The van der Waals surface area contributed by atoms with Gasteiger partial charge in [-0.1, -0.05) is 17.9 Å². The Morgan fingerprint density at radius 3 is 2.76 bits per heavy atom. The Balaban J connectivity index is 2.17. The Labute approximate surface area is 123 Å². The molecule has 1 aromatic carbocycles. The third kappa shape index (κ3) is 3.91. The Bertz CT molecular complexity index is 727. The average Bonchev–Trinajstić information content (AvgIpc) is 2.48. The standard InChI is InChI=1S/C17H16N2O2/c1-12-5-6-15(10-13(12)2)17(21)19-16-11-14(4-3-9-20)7-8-18-16/h5-8,10-11,20H,9H2,1-2H3,(H,18,19,21). The number of aryl methyl sites for hydroxylation is 2. The average molecular weight is 280 g/mol. The minimum Gasteiger partial charge on any atom is -0.384 e. The molecule has 0 aliphatic rings. The van der Waals surface area contributed by atoms with Crippen LogP contribution in [0.4, 0.5) is 5.82 Å². The first-order chi connectivity index (χ1) is 10.1. The first-order valence-electron chi connectivity index (χ1n) is 6.54. The van der Waals surface area contributed by atoms with E-state index in [4.69, 9.17) is 5.11 Å². The number of aromatic nitrogens is 1. The van der Waals surface area contributed by atoms with Crippen LogP contribution in [0.25, 0.3) is 0 Å². The summed E-state index contributed by atoms with van der Waals surface area (Å²) in [6.07, 6.45) is 1.57. The van der Waals surface area contributed by atoms with Crippen LogP contribution in [-0.4, -0.2) is 22.6 Å². The van der Waals surface area contributed by atoms with E-state index in [1.807, 2.05) is 26.0 Å². The number of nitrogens with zero attached hydrogens (tertiary/aromatic N) is 1. The van der Waals surface area contributed by atoms with Gasteiger partial charge in [0, 0.05) is 17.3 Å². The van der Waals surface area contributed by atoms with Gasteiger partial charge in [0.15, 0.2) is 0 Å². The highest BCUT2D eigenvalue weighted by Crippen LogP contribution is 2.12. The minimum atomic E-state index is -0.210. The molecule has 0 saturated carbocycles. The molecule has 4 heteroatoms. The summed E-state index contributed by atoms with van der Waals surface area (Å²) in [5, 5.41) is 11.4. The lowest BCUT2D eigenvalue weighted by Gasteiger charge is -2.07. The quantitative estimate of drug-likeness (QED) is 0.830. The van der Waals surface area contributed by atoms with Crippen molar-refractivity contribution in [3.05, 3.63) is 58.8 Å². The van der Waals surface area contributed by atoms with E-state index < -0.39 is 0 Å². The van der Waals surface area contributed by atoms with Gasteiger partial charge < -0.3 is 10.4 Å². The third-order valence-electron chi connectivity index (χ3n) is 3.08. The second-order valence-electron chi connectivity index (χ2n) is 4.64. The molecule has 0 radical (unpaired) electrons. The van der Waals surface area contributed by atoms with Gasteiger partial charge in [0.1, 0.15) is 12.4 Å². The summed E-state index contributed by atoms with van der Waals surface area (Å²) in [4.78, 5) is 16.3. The maximum absolute atomic E-state index is 12.2. The molecule has 2 aromatic rings. The smallest absolute Gasteiger partial charge is 0.256 e. The molecule has 1 heterocycles. The van der Waals surface area contributed by atoms with Crippen LogP contribution < -0.4 is 5.32 Å². The molecule has 0 spiro atoms. The van der Waals surface area contributed by atoms with Crippen molar-refractivity contribution in [1.29, 1.82) is 0 Å². The van der Waals surface area contributed by atoms with Crippen LogP contribution in [0.15, 0.2) is 36.5 Å². The van der Waals surface area contributed by atoms with Crippen molar-refractivity contribution in [2.24, 2.45) is 0 Å². The summed E-state index contributed by atoms with van der Waals surface area (Å²) in [6.45, 7) is 3.77. The van der Waals surface area contributed by atoms with Crippen LogP contribution in [0.5, 0.6) is 0 Å². The normalized spacial score (nSPS) is 9.67. The van der Waals surface area contributed by atoms with Crippen LogP contribution in [0.1, 0.15) is 27.0 Å². The summed E-state index contributed by atoms with van der Waals surface area (Å²) in [6, 6.07) is 8.93. The van der Waals surface area contributed by atoms with Gasteiger partial charge in [-0.15, -0.1) is 0 Å². The number of rotatable bonds is 2. The molecule has 1 aromatic heterocycles. The zero-order chi connectivity index (χ0) is 15.2. The van der Waals surface area contributed by atoms with Crippen molar-refractivity contribution < 1.29 is 9.90 Å². The molecular weight excluding hydrogens is 264 g/mol. The highest BCUT2D eigenvalue weighted by molar-refractivity contribution is 6.03. The van der Waals surface area contributed by atoms with Gasteiger partial charge in [0.05, 0.1) is 0 Å². The number of aliphatic hydroxyl groups is 1. The second kappa shape index (κ2) is 6.69. The number of benzene rings is 1. The topological polar surface area (TPSA) is 62.2 Å². The lowest BCUT2D eigenvalue weighted by atomic mass is 10.1. The van der Waals surface area contributed by atoms with E-state index in [0.29, 0.717) is 16.9 Å². The number of pyridine rings is 1. The van der Waals surface area contributed by atoms with Crippen LogP contribution in [0.2, 0.25) is 0 Å². The first-order valence-corrected chi connectivity index (χ1v) is 6.54. The van der Waals surface area contributed by atoms with E-state index >= 15 is 0 Å². The predicted molar refractivity (Wildman–Crippen MR) is 82.1 cm³/mol. The number of hydrogen-bond acceptors (Lipinski definition) is 3. The van der Waals surface area contributed by atoms with Crippen LogP contribution in [-0.2, 0) is 0 Å². The van der Waals surface area contributed by atoms with Crippen LogP contribution in [0, 0.1) is 25.7 Å². The summed E-state index contributed by atoms with van der Waals surface area (Å²) in [7, 11) is 0. The van der Waals surface area contributed by atoms with E-state index in [9.17, 15) is 4.79 Å². The van der Waals surface area contributed by atoms with Gasteiger partial charge in [-0.2, -0.15) is 0 Å². The van der Waals surface area contributed by atoms with Crippen LogP contribution >= 0.6 is 0 Å². The molecule has 2 N–H and O–H groups in total. The summed E-state index contributed by atoms with van der Waals surface area (Å²) in [5.74, 6) is 5.55. The number of anilines is 1. The lowest BCUT2D eigenvalue weighted by Crippen LogP contribution is -2.13. The zero-order valence-electron chi connectivity index (χ0n) is 12.0. The maximum Gasteiger partial charge on any atom is 0.256 e. The molecule has 0 aliphatic heterocycles. The zero-order valence-corrected chi connectivity index (χ0v) is 12.0. The van der Waals surface area contributed by atoms with E-state index in [1.54, 1.807) is 24.4 Å². The van der Waals surface area contributed by atoms with Gasteiger partial charge in [-0.3, -0.25) is 4.79 Å². The summed E-state index contributed by atoms with van der Waals surface area (Å²) in [5.41, 5.74) is 3.49. The fourth-order valence-electron chi connectivity index (χ4n) is 1.79. The molecule has 106 valence electrons. The van der Waals surface area contributed by atoms with E-state index in [0.717, 1.165) is 11.1 Å². The number of carbonyl (C=O) groups excluding carboxylic acids is 1. The molecule has 4 nitrogen and oxygen atoms in total. The number of carbonyl (C=O) groups is 1. The van der Waals surface area contributed by atoms with Crippen molar-refractivity contribution in [3.63, 3.8) is 0 Å². The van der Waals surface area contributed by atoms with Gasteiger partial charge in [0.2, 0.25) is 0 Å². The predicted octanol–water partition coefficient (Wildman–Crippen LogP) is 2.29. The SMILES string of the molecule is Cc1ccc(C(=O)Nc2cc(C#CCO)ccn2)cc1C. The third-order valence-corrected chi connectivity index (χ3v) is 3.08. The fraction of sp³-hybridized carbons (Fsp3) is 0.176. The summed E-state index contributed by atoms with van der Waals surface area (Å²) >= 11 is 0. The Morgan fingerprint density at radius 1 is 1.24 bits per heavy atom. The lowest BCUT2D eigenvalue weighted by molar-refractivity contribution is 0.102. The largest absolute Gasteiger partial charge is 0.384 e. The molecule has 0 fully saturated rings. The molecule has 21 heavy (non-hydrogen) atoms. The number of aliphatic hydroxyl groups excluding tert-OH is 1. The van der Waals surface area contributed by atoms with Crippen LogP contribution in [0.3, 0.4) is 0 Å². The van der Waals surface area contributed by atoms with Crippen molar-refractivity contribution in [2.45, 2.75) is 13.8 Å². The van der Waals surface area contributed by atoms with Crippen molar-refractivity contribution in [1.82, 2.24) is 4.98 Å². The molecular formula is C17H16N2O2. The fourth-order valence-corrected chi connectivity index (χ4v) is 1.79. The number of hydrogen-bond donors (Lipinski definition) is 2. The Morgan fingerprint density at radius 2 is 2.05 bits per heavy atom. The van der Waals surface area contributed by atoms with Gasteiger partial charge in [-0.05, 0) is 49.2 Å². The molecule has 0 unspecified atom stereocenters. The van der Waals surface area contributed by atoms with E-state index in [1.165, 1.54) is 0 Å². The Kier molecular flexibility index (Phi) is 4.70. The highest BCUT2D eigenvalue weighted by atomic mass is 16.2. The number of amides is 1. The van der Waals surface area contributed by atoms with E-state index in [2.05, 4.69) is 22.1 Å². The Hall–Kier alpha value is -2.64. The molecule has 0 aliphatic carbocycles. The van der Waals surface area contributed by atoms with Crippen molar-refractivity contribution in [3.8, 4) is 11.8 Å². The maximum atomic E-state index is 12.2. The molecule has 0 saturated heterocycles.